The summed E-state index contributed by atoms with van der Waals surface area (Å²) in [7, 11) is 0. The lowest BCUT2D eigenvalue weighted by Gasteiger charge is -2.11. The number of rotatable bonds is 7. The quantitative estimate of drug-likeness (QED) is 0.624. The van der Waals surface area contributed by atoms with Gasteiger partial charge in [0.2, 0.25) is 5.91 Å². The van der Waals surface area contributed by atoms with E-state index in [1.54, 1.807) is 42.5 Å². The smallest absolute Gasteiger partial charge is 0.349 e. The lowest BCUT2D eigenvalue weighted by molar-refractivity contribution is -0.136. The molecule has 0 heterocycles. The van der Waals surface area contributed by atoms with E-state index in [1.165, 1.54) is 6.92 Å². The maximum atomic E-state index is 11.9. The SMILES string of the molecule is CCOc1ccccc1OCC(=O)Oc1ccc(NC(C)=O)cc1. The monoisotopic (exact) mass is 329 g/mol. The van der Waals surface area contributed by atoms with Gasteiger partial charge in [0.15, 0.2) is 18.1 Å². The van der Waals surface area contributed by atoms with Crippen LogP contribution in [0.4, 0.5) is 5.69 Å². The topological polar surface area (TPSA) is 73.9 Å². The summed E-state index contributed by atoms with van der Waals surface area (Å²) in [5.41, 5.74) is 0.629. The van der Waals surface area contributed by atoms with Gasteiger partial charge in [-0.2, -0.15) is 0 Å². The molecule has 0 bridgehead atoms. The molecule has 0 fully saturated rings. The lowest BCUT2D eigenvalue weighted by atomic mass is 10.3. The largest absolute Gasteiger partial charge is 0.490 e. The zero-order valence-corrected chi connectivity index (χ0v) is 13.6. The Bertz CT molecular complexity index is 697. The van der Waals surface area contributed by atoms with E-state index in [2.05, 4.69) is 5.32 Å². The molecule has 0 atom stereocenters. The standard InChI is InChI=1S/C18H19NO5/c1-3-22-16-6-4-5-7-17(16)23-12-18(21)24-15-10-8-14(9-11-15)19-13(2)20/h4-11H,3,12H2,1-2H3,(H,19,20). The highest BCUT2D eigenvalue weighted by molar-refractivity contribution is 5.88. The first-order valence-electron chi connectivity index (χ1n) is 7.51. The molecule has 0 radical (unpaired) electrons. The summed E-state index contributed by atoms with van der Waals surface area (Å²) in [5, 5.41) is 2.63. The van der Waals surface area contributed by atoms with Crippen LogP contribution in [0.3, 0.4) is 0 Å². The summed E-state index contributed by atoms with van der Waals surface area (Å²) in [4.78, 5) is 22.8. The first kappa shape index (κ1) is 17.3. The van der Waals surface area contributed by atoms with E-state index in [1.807, 2.05) is 13.0 Å². The second kappa shape index (κ2) is 8.57. The maximum Gasteiger partial charge on any atom is 0.349 e. The van der Waals surface area contributed by atoms with E-state index in [9.17, 15) is 9.59 Å². The van der Waals surface area contributed by atoms with Crippen molar-refractivity contribution in [2.45, 2.75) is 13.8 Å². The fourth-order valence-electron chi connectivity index (χ4n) is 1.95. The molecule has 2 aromatic rings. The second-order valence-electron chi connectivity index (χ2n) is 4.85. The maximum absolute atomic E-state index is 11.9. The number of ether oxygens (including phenoxy) is 3. The third kappa shape index (κ3) is 5.31. The predicted octanol–water partition coefficient (Wildman–Crippen LogP) is 3.03. The Morgan fingerprint density at radius 2 is 1.58 bits per heavy atom. The Labute approximate surface area is 140 Å². The molecule has 0 saturated heterocycles. The van der Waals surface area contributed by atoms with Crippen LogP contribution in [0.1, 0.15) is 13.8 Å². The Balaban J connectivity index is 1.88. The van der Waals surface area contributed by atoms with Crippen LogP contribution in [0.15, 0.2) is 48.5 Å². The van der Waals surface area contributed by atoms with Crippen LogP contribution in [0.2, 0.25) is 0 Å². The Kier molecular flexibility index (Phi) is 6.19. The number of carbonyl (C=O) groups excluding carboxylic acids is 2. The Morgan fingerprint density at radius 1 is 0.958 bits per heavy atom. The minimum Gasteiger partial charge on any atom is -0.490 e. The zero-order chi connectivity index (χ0) is 17.4. The minimum atomic E-state index is -0.534. The van der Waals surface area contributed by atoms with E-state index in [4.69, 9.17) is 14.2 Å². The fraction of sp³-hybridized carbons (Fsp3) is 0.222. The van der Waals surface area contributed by atoms with Gasteiger partial charge < -0.3 is 19.5 Å². The molecule has 2 rings (SSSR count). The summed E-state index contributed by atoms with van der Waals surface area (Å²) in [6.45, 7) is 3.56. The van der Waals surface area contributed by atoms with Crippen molar-refractivity contribution in [1.82, 2.24) is 0 Å². The fourth-order valence-corrected chi connectivity index (χ4v) is 1.95. The van der Waals surface area contributed by atoms with Crippen LogP contribution in [-0.4, -0.2) is 25.1 Å². The molecule has 0 aliphatic rings. The number of amides is 1. The van der Waals surface area contributed by atoms with Gasteiger partial charge in [0.1, 0.15) is 5.75 Å². The molecular weight excluding hydrogens is 310 g/mol. The van der Waals surface area contributed by atoms with Gasteiger partial charge in [-0.15, -0.1) is 0 Å². The molecule has 0 aliphatic carbocycles. The zero-order valence-electron chi connectivity index (χ0n) is 13.6. The van der Waals surface area contributed by atoms with Crippen molar-refractivity contribution in [3.05, 3.63) is 48.5 Å². The molecule has 0 spiro atoms. The summed E-state index contributed by atoms with van der Waals surface area (Å²) in [5.74, 6) is 0.732. The third-order valence-electron chi connectivity index (χ3n) is 2.90. The third-order valence-corrected chi connectivity index (χ3v) is 2.90. The molecule has 6 heteroatoms. The molecule has 0 saturated carbocycles. The van der Waals surface area contributed by atoms with Crippen LogP contribution < -0.4 is 19.5 Å². The highest BCUT2D eigenvalue weighted by Crippen LogP contribution is 2.26. The average Bonchev–Trinajstić information content (AvgIpc) is 2.56. The number of carbonyl (C=O) groups is 2. The Morgan fingerprint density at radius 3 is 2.17 bits per heavy atom. The second-order valence-corrected chi connectivity index (χ2v) is 4.85. The van der Waals surface area contributed by atoms with Crippen molar-refractivity contribution in [3.63, 3.8) is 0 Å². The molecule has 0 aromatic heterocycles. The number of esters is 1. The summed E-state index contributed by atoms with van der Waals surface area (Å²) >= 11 is 0. The molecule has 6 nitrogen and oxygen atoms in total. The Hall–Kier alpha value is -3.02. The average molecular weight is 329 g/mol. The van der Waals surface area contributed by atoms with Gasteiger partial charge in [-0.05, 0) is 43.3 Å². The van der Waals surface area contributed by atoms with Gasteiger partial charge in [0.25, 0.3) is 0 Å². The summed E-state index contributed by atoms with van der Waals surface area (Å²) in [6.07, 6.45) is 0. The molecule has 24 heavy (non-hydrogen) atoms. The summed E-state index contributed by atoms with van der Waals surface area (Å²) in [6, 6.07) is 13.6. The molecule has 0 unspecified atom stereocenters. The van der Waals surface area contributed by atoms with E-state index >= 15 is 0 Å². The van der Waals surface area contributed by atoms with E-state index < -0.39 is 5.97 Å². The van der Waals surface area contributed by atoms with E-state index in [-0.39, 0.29) is 12.5 Å². The molecular formula is C18H19NO5. The normalized spacial score (nSPS) is 9.92. The lowest BCUT2D eigenvalue weighted by Crippen LogP contribution is -2.18. The van der Waals surface area contributed by atoms with Crippen LogP contribution in [-0.2, 0) is 9.59 Å². The van der Waals surface area contributed by atoms with Crippen molar-refractivity contribution >= 4 is 17.6 Å². The molecule has 1 amide bonds. The van der Waals surface area contributed by atoms with Gasteiger partial charge in [-0.25, -0.2) is 4.79 Å². The van der Waals surface area contributed by atoms with Gasteiger partial charge in [0.05, 0.1) is 6.61 Å². The molecule has 2 aromatic carbocycles. The number of hydrogen-bond acceptors (Lipinski definition) is 5. The van der Waals surface area contributed by atoms with E-state index in [0.717, 1.165) is 0 Å². The van der Waals surface area contributed by atoms with Crippen LogP contribution in [0.5, 0.6) is 17.2 Å². The number of benzene rings is 2. The first-order chi connectivity index (χ1) is 11.6. The highest BCUT2D eigenvalue weighted by atomic mass is 16.6. The number of nitrogens with one attached hydrogen (secondary N) is 1. The van der Waals surface area contributed by atoms with Crippen LogP contribution in [0, 0.1) is 0 Å². The van der Waals surface area contributed by atoms with E-state index in [0.29, 0.717) is 29.5 Å². The first-order valence-corrected chi connectivity index (χ1v) is 7.51. The molecule has 1 N–H and O–H groups in total. The number of para-hydroxylation sites is 2. The number of anilines is 1. The van der Waals surface area contributed by atoms with Gasteiger partial charge in [-0.3, -0.25) is 4.79 Å². The summed E-state index contributed by atoms with van der Waals surface area (Å²) < 4.78 is 16.0. The highest BCUT2D eigenvalue weighted by Gasteiger charge is 2.09. The van der Waals surface area contributed by atoms with Crippen LogP contribution in [0.25, 0.3) is 0 Å². The number of hydrogen-bond donors (Lipinski definition) is 1. The van der Waals surface area contributed by atoms with Crippen molar-refractivity contribution < 1.29 is 23.8 Å². The predicted molar refractivity (Wildman–Crippen MR) is 89.5 cm³/mol. The van der Waals surface area contributed by atoms with Gasteiger partial charge >= 0.3 is 5.97 Å². The minimum absolute atomic E-state index is 0.166. The van der Waals surface area contributed by atoms with Crippen molar-refractivity contribution in [2.75, 3.05) is 18.5 Å². The van der Waals surface area contributed by atoms with Crippen molar-refractivity contribution in [3.8, 4) is 17.2 Å². The molecule has 0 aliphatic heterocycles. The van der Waals surface area contributed by atoms with Crippen molar-refractivity contribution in [1.29, 1.82) is 0 Å². The van der Waals surface area contributed by atoms with Gasteiger partial charge in [0, 0.05) is 12.6 Å². The van der Waals surface area contributed by atoms with Crippen molar-refractivity contribution in [2.24, 2.45) is 0 Å². The molecule has 126 valence electrons. The van der Waals surface area contributed by atoms with Crippen LogP contribution >= 0.6 is 0 Å². The van der Waals surface area contributed by atoms with Gasteiger partial charge in [-0.1, -0.05) is 12.1 Å².